The van der Waals surface area contributed by atoms with Crippen LogP contribution in [0.15, 0.2) is 55.0 Å². The Morgan fingerprint density at radius 3 is 2.77 bits per heavy atom. The Balaban J connectivity index is 1.48. The number of aromatic nitrogens is 3. The van der Waals surface area contributed by atoms with Gasteiger partial charge in [0.2, 0.25) is 5.91 Å². The van der Waals surface area contributed by atoms with Gasteiger partial charge in [-0.25, -0.2) is 9.97 Å². The van der Waals surface area contributed by atoms with Crippen LogP contribution < -0.4 is 15.0 Å². The molecule has 1 fully saturated rings. The highest BCUT2D eigenvalue weighted by Gasteiger charge is 2.18. The lowest BCUT2D eigenvalue weighted by Crippen LogP contribution is -2.33. The number of nitrogens with one attached hydrogen (secondary N) is 1. The number of pyridine rings is 1. The molecule has 3 aromatic rings. The Morgan fingerprint density at radius 2 is 1.97 bits per heavy atom. The van der Waals surface area contributed by atoms with Crippen LogP contribution in [0.2, 0.25) is 0 Å². The van der Waals surface area contributed by atoms with Gasteiger partial charge >= 0.3 is 0 Å². The zero-order valence-electron chi connectivity index (χ0n) is 18.1. The van der Waals surface area contributed by atoms with E-state index in [9.17, 15) is 4.79 Å². The molecule has 7 heteroatoms. The monoisotopic (exact) mass is 419 g/mol. The second-order valence-corrected chi connectivity index (χ2v) is 7.93. The third kappa shape index (κ3) is 5.05. The highest BCUT2D eigenvalue weighted by molar-refractivity contribution is 5.92. The lowest BCUT2D eigenvalue weighted by molar-refractivity contribution is -0.116. The molecule has 0 radical (unpaired) electrons. The Hall–Kier alpha value is -3.35. The molecular weight excluding hydrogens is 390 g/mol. The maximum absolute atomic E-state index is 12.7. The minimum Gasteiger partial charge on any atom is -0.492 e. The SMILES string of the molecule is CCOc1ccccc1NC(=O)Cn1ccnc1-c1ccnc(N2CCC(C)CC2)c1. The molecule has 1 aliphatic rings. The maximum Gasteiger partial charge on any atom is 0.244 e. The molecule has 0 unspecified atom stereocenters. The number of para-hydroxylation sites is 2. The summed E-state index contributed by atoms with van der Waals surface area (Å²) in [5.41, 5.74) is 1.62. The predicted molar refractivity (Wildman–Crippen MR) is 122 cm³/mol. The molecular formula is C24H29N5O2. The summed E-state index contributed by atoms with van der Waals surface area (Å²) in [6.45, 7) is 6.97. The molecule has 0 saturated carbocycles. The summed E-state index contributed by atoms with van der Waals surface area (Å²) in [5, 5.41) is 2.95. The van der Waals surface area contributed by atoms with Gasteiger partial charge in [0, 0.05) is 37.2 Å². The molecule has 1 amide bonds. The van der Waals surface area contributed by atoms with Crippen LogP contribution in [0.5, 0.6) is 5.75 Å². The summed E-state index contributed by atoms with van der Waals surface area (Å²) in [5.74, 6) is 3.02. The van der Waals surface area contributed by atoms with Crippen molar-refractivity contribution < 1.29 is 9.53 Å². The molecule has 2 aromatic heterocycles. The van der Waals surface area contributed by atoms with Crippen molar-refractivity contribution in [3.05, 3.63) is 55.0 Å². The van der Waals surface area contributed by atoms with Crippen molar-refractivity contribution in [3.63, 3.8) is 0 Å². The highest BCUT2D eigenvalue weighted by Crippen LogP contribution is 2.26. The van der Waals surface area contributed by atoms with Gasteiger partial charge < -0.3 is 19.5 Å². The Bertz CT molecular complexity index is 1020. The first kappa shape index (κ1) is 20.9. The molecule has 0 atom stereocenters. The fraction of sp³-hybridized carbons (Fsp3) is 0.375. The molecule has 7 nitrogen and oxygen atoms in total. The van der Waals surface area contributed by atoms with E-state index < -0.39 is 0 Å². The Morgan fingerprint density at radius 1 is 1.16 bits per heavy atom. The zero-order valence-corrected chi connectivity index (χ0v) is 18.1. The average Bonchev–Trinajstić information content (AvgIpc) is 3.24. The molecule has 0 bridgehead atoms. The van der Waals surface area contributed by atoms with Crippen LogP contribution in [-0.2, 0) is 11.3 Å². The third-order valence-corrected chi connectivity index (χ3v) is 5.60. The van der Waals surface area contributed by atoms with Crippen molar-refractivity contribution in [1.82, 2.24) is 14.5 Å². The first-order chi connectivity index (χ1) is 15.1. The third-order valence-electron chi connectivity index (χ3n) is 5.60. The van der Waals surface area contributed by atoms with Crippen LogP contribution in [0.25, 0.3) is 11.4 Å². The van der Waals surface area contributed by atoms with E-state index in [2.05, 4.69) is 33.2 Å². The van der Waals surface area contributed by atoms with Crippen molar-refractivity contribution in [2.45, 2.75) is 33.2 Å². The standard InChI is InChI=1S/C24H29N5O2/c1-3-31-21-7-5-4-6-20(21)27-23(30)17-29-15-12-26-24(29)19-8-11-25-22(16-19)28-13-9-18(2)10-14-28/h4-8,11-12,15-16,18H,3,9-10,13-14,17H2,1-2H3,(H,27,30). The van der Waals surface area contributed by atoms with Crippen LogP contribution in [0, 0.1) is 5.92 Å². The molecule has 31 heavy (non-hydrogen) atoms. The van der Waals surface area contributed by atoms with Gasteiger partial charge in [-0.3, -0.25) is 4.79 Å². The van der Waals surface area contributed by atoms with Gasteiger partial charge in [-0.05, 0) is 49.9 Å². The van der Waals surface area contributed by atoms with Crippen LogP contribution in [0.1, 0.15) is 26.7 Å². The van der Waals surface area contributed by atoms with E-state index in [1.165, 1.54) is 12.8 Å². The summed E-state index contributed by atoms with van der Waals surface area (Å²) < 4.78 is 7.46. The fourth-order valence-electron chi connectivity index (χ4n) is 3.86. The summed E-state index contributed by atoms with van der Waals surface area (Å²) >= 11 is 0. The second kappa shape index (κ2) is 9.64. The summed E-state index contributed by atoms with van der Waals surface area (Å²) in [4.78, 5) is 24.1. The van der Waals surface area contributed by atoms with Gasteiger partial charge in [0.1, 0.15) is 23.9 Å². The van der Waals surface area contributed by atoms with Crippen molar-refractivity contribution in [2.75, 3.05) is 29.9 Å². The topological polar surface area (TPSA) is 72.3 Å². The van der Waals surface area contributed by atoms with Gasteiger partial charge in [-0.1, -0.05) is 19.1 Å². The molecule has 1 aromatic carbocycles. The number of benzene rings is 1. The summed E-state index contributed by atoms with van der Waals surface area (Å²) in [6, 6.07) is 11.5. The minimum atomic E-state index is -0.134. The van der Waals surface area contributed by atoms with Crippen molar-refractivity contribution in [3.8, 4) is 17.1 Å². The molecule has 1 saturated heterocycles. The number of rotatable bonds is 7. The normalized spacial score (nSPS) is 14.5. The van der Waals surface area contributed by atoms with E-state index in [0.717, 1.165) is 36.2 Å². The first-order valence-electron chi connectivity index (χ1n) is 10.9. The van der Waals surface area contributed by atoms with Gasteiger partial charge in [0.15, 0.2) is 0 Å². The minimum absolute atomic E-state index is 0.134. The van der Waals surface area contributed by atoms with E-state index in [1.807, 2.05) is 54.2 Å². The van der Waals surface area contributed by atoms with E-state index >= 15 is 0 Å². The zero-order chi connectivity index (χ0) is 21.6. The predicted octanol–water partition coefficient (Wildman–Crippen LogP) is 4.22. The highest BCUT2D eigenvalue weighted by atomic mass is 16.5. The number of nitrogens with zero attached hydrogens (tertiary/aromatic N) is 4. The average molecular weight is 420 g/mol. The number of amides is 1. The molecule has 3 heterocycles. The summed E-state index contributed by atoms with van der Waals surface area (Å²) in [7, 11) is 0. The largest absolute Gasteiger partial charge is 0.492 e. The number of hydrogen-bond donors (Lipinski definition) is 1. The molecule has 0 spiro atoms. The van der Waals surface area contributed by atoms with E-state index in [4.69, 9.17) is 4.74 Å². The van der Waals surface area contributed by atoms with Crippen molar-refractivity contribution >= 4 is 17.4 Å². The second-order valence-electron chi connectivity index (χ2n) is 7.93. The first-order valence-corrected chi connectivity index (χ1v) is 10.9. The molecule has 162 valence electrons. The van der Waals surface area contributed by atoms with Crippen molar-refractivity contribution in [2.24, 2.45) is 5.92 Å². The van der Waals surface area contributed by atoms with Gasteiger partial charge in [-0.2, -0.15) is 0 Å². The van der Waals surface area contributed by atoms with E-state index in [1.54, 1.807) is 6.20 Å². The maximum atomic E-state index is 12.7. The lowest BCUT2D eigenvalue weighted by Gasteiger charge is -2.31. The van der Waals surface area contributed by atoms with Gasteiger partial charge in [-0.15, -0.1) is 0 Å². The number of hydrogen-bond acceptors (Lipinski definition) is 5. The number of imidazole rings is 1. The van der Waals surface area contributed by atoms with Crippen molar-refractivity contribution in [1.29, 1.82) is 0 Å². The summed E-state index contributed by atoms with van der Waals surface area (Å²) in [6.07, 6.45) is 7.74. The smallest absolute Gasteiger partial charge is 0.244 e. The molecule has 1 N–H and O–H groups in total. The number of carbonyl (C=O) groups is 1. The molecule has 0 aliphatic carbocycles. The van der Waals surface area contributed by atoms with Crippen LogP contribution in [-0.4, -0.2) is 40.1 Å². The fourth-order valence-corrected chi connectivity index (χ4v) is 3.86. The van der Waals surface area contributed by atoms with E-state index in [0.29, 0.717) is 18.0 Å². The Kier molecular flexibility index (Phi) is 6.50. The quantitative estimate of drug-likeness (QED) is 0.621. The number of piperidine rings is 1. The Labute approximate surface area is 183 Å². The van der Waals surface area contributed by atoms with Gasteiger partial charge in [0.05, 0.1) is 12.3 Å². The molecule has 1 aliphatic heterocycles. The number of carbonyl (C=O) groups excluding carboxylic acids is 1. The van der Waals surface area contributed by atoms with Gasteiger partial charge in [0.25, 0.3) is 0 Å². The van der Waals surface area contributed by atoms with Crippen LogP contribution in [0.3, 0.4) is 0 Å². The molecule has 4 rings (SSSR count). The van der Waals surface area contributed by atoms with E-state index in [-0.39, 0.29) is 12.5 Å². The number of anilines is 2. The van der Waals surface area contributed by atoms with Crippen LogP contribution >= 0.6 is 0 Å². The lowest BCUT2D eigenvalue weighted by atomic mass is 9.99. The number of ether oxygens (including phenoxy) is 1. The van der Waals surface area contributed by atoms with Crippen LogP contribution in [0.4, 0.5) is 11.5 Å².